The van der Waals surface area contributed by atoms with Gasteiger partial charge in [-0.25, -0.2) is 0 Å². The Labute approximate surface area is 54.9 Å². The van der Waals surface area contributed by atoms with E-state index < -0.39 is 0 Å². The first-order valence-electron chi connectivity index (χ1n) is 0.402. The van der Waals surface area contributed by atoms with E-state index in [0.717, 1.165) is 0 Å². The van der Waals surface area contributed by atoms with E-state index in [-0.39, 0.29) is 33.8 Å². The van der Waals surface area contributed by atoms with Crippen LogP contribution in [-0.4, -0.2) is 0 Å². The molecule has 0 aliphatic rings. The van der Waals surface area contributed by atoms with E-state index in [4.69, 9.17) is 5.50 Å². The zero-order valence-corrected chi connectivity index (χ0v) is 6.70. The molecule has 0 aromatic heterocycles. The summed E-state index contributed by atoms with van der Waals surface area (Å²) >= 11 is 1.29. The third-order valence-corrected chi connectivity index (χ3v) is 0. The Morgan fingerprint density at radius 3 is 1.25 bits per heavy atom. The molecule has 0 unspecified atom stereocenters. The van der Waals surface area contributed by atoms with Gasteiger partial charge in [0.25, 0.3) is 0 Å². The predicted molar refractivity (Wildman–Crippen MR) is 1.37 cm³/mol. The normalized spacial score (nSPS) is 2.50. The van der Waals surface area contributed by atoms with Gasteiger partial charge in [0.1, 0.15) is 0 Å². The molecule has 21 valence electrons. The van der Waals surface area contributed by atoms with Gasteiger partial charge >= 0.3 is 55.5 Å². The van der Waals surface area contributed by atoms with E-state index in [2.05, 4.69) is 0 Å². The molecule has 4 heteroatoms. The van der Waals surface area contributed by atoms with Gasteiger partial charge in [-0.3, -0.25) is 0 Å². The summed E-state index contributed by atoms with van der Waals surface area (Å²) in [6.45, 7) is 0. The van der Waals surface area contributed by atoms with Gasteiger partial charge in [0.15, 0.2) is 0 Å². The van der Waals surface area contributed by atoms with Gasteiger partial charge < -0.3 is 0 Å². The molecule has 0 heterocycles. The summed E-state index contributed by atoms with van der Waals surface area (Å²) in [5.74, 6) is 0. The van der Waals surface area contributed by atoms with Gasteiger partial charge in [0.2, 0.25) is 0 Å². The topological polar surface area (TPSA) is 34.1 Å². The molecule has 4 heavy (non-hydrogen) atoms. The van der Waals surface area contributed by atoms with Gasteiger partial charge in [-0.1, -0.05) is 0 Å². The van der Waals surface area contributed by atoms with Crippen molar-refractivity contribution >= 4 is 0 Å². The minimum absolute atomic E-state index is 0.0833. The fourth-order valence-electron chi connectivity index (χ4n) is 0. The average molecular weight is 223 g/mol. The molecule has 0 rings (SSSR count). The molecule has 0 aromatic carbocycles. The molecule has 0 aliphatic heterocycles. The summed E-state index contributed by atoms with van der Waals surface area (Å²) < 4.78 is 16.5. The van der Waals surface area contributed by atoms with E-state index in [1.54, 1.807) is 0 Å². The Bertz CT molecular complexity index is 8.00. The Hall–Kier alpha value is 1.33. The summed E-state index contributed by atoms with van der Waals surface area (Å²) in [7, 11) is 0. The zero-order valence-electron chi connectivity index (χ0n) is 1.80. The van der Waals surface area contributed by atoms with Crippen molar-refractivity contribution in [3.05, 3.63) is 0 Å². The zero-order chi connectivity index (χ0) is 4.00. The molecule has 0 atom stereocenters. The molecule has 0 radical (unpaired) electrons. The van der Waals surface area contributed by atoms with Crippen LogP contribution in [0.4, 0.5) is 0 Å². The van der Waals surface area contributed by atoms with Gasteiger partial charge in [-0.05, 0) is 0 Å². The summed E-state index contributed by atoms with van der Waals surface area (Å²) in [6.07, 6.45) is 0. The molecule has 0 aromatic rings. The van der Waals surface area contributed by atoms with E-state index >= 15 is 0 Å². The Kier molecular flexibility index (Phi) is 61.3. The van der Waals surface area contributed by atoms with Gasteiger partial charge in [-0.2, -0.15) is 0 Å². The van der Waals surface area contributed by atoms with E-state index in [1.165, 1.54) is 16.2 Å². The van der Waals surface area contributed by atoms with Crippen molar-refractivity contribution in [3.8, 4) is 0 Å². The molecular formula is CrLaO2. The van der Waals surface area contributed by atoms with Crippen molar-refractivity contribution in [3.63, 3.8) is 0 Å². The van der Waals surface area contributed by atoms with Crippen molar-refractivity contribution < 1.29 is 55.5 Å². The second-order valence-corrected chi connectivity index (χ2v) is 0. The van der Waals surface area contributed by atoms with Crippen molar-refractivity contribution in [1.82, 2.24) is 0 Å². The van der Waals surface area contributed by atoms with Gasteiger partial charge in [0, 0.05) is 0 Å². The molecule has 0 spiro atoms. The fraction of sp³-hybridized carbons (Fsp3) is 0. The van der Waals surface area contributed by atoms with Crippen LogP contribution in [0.5, 0.6) is 0 Å². The molecule has 0 N–H and O–H groups in total. The van der Waals surface area contributed by atoms with E-state index in [9.17, 15) is 0 Å². The first-order valence-corrected chi connectivity index (χ1v) is 2.40. The summed E-state index contributed by atoms with van der Waals surface area (Å²) in [5, 5.41) is 0. The van der Waals surface area contributed by atoms with E-state index in [1.807, 2.05) is 0 Å². The van der Waals surface area contributed by atoms with Crippen molar-refractivity contribution in [2.24, 2.45) is 0 Å². The second kappa shape index (κ2) is 27.2. The molecule has 0 fully saturated rings. The first kappa shape index (κ1) is 9.01. The van der Waals surface area contributed by atoms with Gasteiger partial charge in [-0.15, -0.1) is 0 Å². The second-order valence-electron chi connectivity index (χ2n) is 0. The maximum absolute atomic E-state index is 8.42. The van der Waals surface area contributed by atoms with Crippen LogP contribution in [0.25, 0.3) is 0 Å². The predicted octanol–water partition coefficient (Wildman–Crippen LogP) is -0.240. The van der Waals surface area contributed by atoms with E-state index in [0.29, 0.717) is 0 Å². The van der Waals surface area contributed by atoms with Crippen LogP contribution in [0.15, 0.2) is 0 Å². The van der Waals surface area contributed by atoms with Crippen molar-refractivity contribution in [2.75, 3.05) is 0 Å². The van der Waals surface area contributed by atoms with Crippen LogP contribution in [-0.2, 0) is 21.7 Å². The van der Waals surface area contributed by atoms with Crippen molar-refractivity contribution in [2.45, 2.75) is 0 Å². The number of hydrogen-bond acceptors (Lipinski definition) is 2. The Balaban J connectivity index is 0. The number of hydrogen-bond donors (Lipinski definition) is 0. The molecule has 2 nitrogen and oxygen atoms in total. The summed E-state index contributed by atoms with van der Waals surface area (Å²) in [4.78, 5) is 0. The third kappa shape index (κ3) is 10.2. The standard InChI is InChI=1S/Cr.La.2O. The van der Waals surface area contributed by atoms with Crippen LogP contribution in [0.2, 0.25) is 0 Å². The van der Waals surface area contributed by atoms with Gasteiger partial charge in [0.05, 0.1) is 0 Å². The fourth-order valence-corrected chi connectivity index (χ4v) is 0. The number of rotatable bonds is 0. The third-order valence-electron chi connectivity index (χ3n) is 0. The SMILES string of the molecule is [O]=[Cr].[O]=[La]. The Morgan fingerprint density at radius 2 is 1.25 bits per heavy atom. The monoisotopic (exact) mass is 223 g/mol. The minimum atomic E-state index is -0.0833. The molecule has 0 aliphatic carbocycles. The summed E-state index contributed by atoms with van der Waals surface area (Å²) in [6, 6.07) is 0. The molecule has 0 bridgehead atoms. The quantitative estimate of drug-likeness (QED) is 0.567. The van der Waals surface area contributed by atoms with Crippen LogP contribution < -0.4 is 0 Å². The van der Waals surface area contributed by atoms with Crippen LogP contribution in [0, 0.1) is 33.8 Å². The molecule has 0 saturated carbocycles. The molecular weight excluding hydrogens is 223 g/mol. The molecule has 0 amide bonds. The summed E-state index contributed by atoms with van der Waals surface area (Å²) in [5.41, 5.74) is 0. The Morgan fingerprint density at radius 1 is 1.25 bits per heavy atom. The first-order chi connectivity index (χ1) is 2.00. The van der Waals surface area contributed by atoms with Crippen molar-refractivity contribution in [1.29, 1.82) is 0 Å². The average Bonchev–Trinajstić information content (AvgIpc) is 1.50. The van der Waals surface area contributed by atoms with Crippen LogP contribution >= 0.6 is 0 Å². The van der Waals surface area contributed by atoms with Crippen LogP contribution in [0.1, 0.15) is 0 Å². The maximum atomic E-state index is 8.42. The van der Waals surface area contributed by atoms with Crippen LogP contribution in [0.3, 0.4) is 0 Å². The molecule has 0 saturated heterocycles.